The number of rotatable bonds is 2. The molecule has 1 aliphatic heterocycles. The van der Waals surface area contributed by atoms with Crippen LogP contribution in [0.15, 0.2) is 24.3 Å². The molecule has 1 aliphatic rings. The number of fused-ring (bicyclic) bond motifs is 1. The number of ether oxygens (including phenoxy) is 1. The minimum atomic E-state index is 0.160. The Morgan fingerprint density at radius 2 is 2.26 bits per heavy atom. The van der Waals surface area contributed by atoms with Crippen molar-refractivity contribution in [1.29, 1.82) is 0 Å². The van der Waals surface area contributed by atoms with Gasteiger partial charge in [0.25, 0.3) is 0 Å². The molecule has 0 saturated heterocycles. The van der Waals surface area contributed by atoms with Gasteiger partial charge in [0.2, 0.25) is 0 Å². The van der Waals surface area contributed by atoms with Crippen molar-refractivity contribution in [1.82, 2.24) is 14.8 Å². The van der Waals surface area contributed by atoms with Crippen molar-refractivity contribution in [2.24, 2.45) is 5.73 Å². The SMILES string of the molecule is COc1cccc(-c2nc3n(n2)C(C)C(N)CC3)c1. The summed E-state index contributed by atoms with van der Waals surface area (Å²) in [7, 11) is 1.66. The van der Waals surface area contributed by atoms with Gasteiger partial charge in [-0.3, -0.25) is 0 Å². The van der Waals surface area contributed by atoms with Crippen LogP contribution in [0.1, 0.15) is 25.2 Å². The Hall–Kier alpha value is -1.88. The molecule has 2 atom stereocenters. The molecule has 0 spiro atoms. The van der Waals surface area contributed by atoms with Crippen LogP contribution in [0.25, 0.3) is 11.4 Å². The maximum atomic E-state index is 6.08. The normalized spacial score (nSPS) is 22.1. The molecule has 1 aromatic heterocycles. The Balaban J connectivity index is 2.00. The smallest absolute Gasteiger partial charge is 0.181 e. The molecule has 19 heavy (non-hydrogen) atoms. The topological polar surface area (TPSA) is 66.0 Å². The molecule has 100 valence electrons. The van der Waals surface area contributed by atoms with E-state index in [1.165, 1.54) is 0 Å². The quantitative estimate of drug-likeness (QED) is 0.891. The molecule has 3 rings (SSSR count). The van der Waals surface area contributed by atoms with E-state index in [2.05, 4.69) is 17.0 Å². The highest BCUT2D eigenvalue weighted by Crippen LogP contribution is 2.26. The fraction of sp³-hybridized carbons (Fsp3) is 0.429. The number of nitrogens with zero attached hydrogens (tertiary/aromatic N) is 3. The van der Waals surface area contributed by atoms with Crippen molar-refractivity contribution in [2.45, 2.75) is 31.8 Å². The Bertz CT molecular complexity index is 593. The molecule has 0 radical (unpaired) electrons. The summed E-state index contributed by atoms with van der Waals surface area (Å²) in [5, 5.41) is 4.60. The van der Waals surface area contributed by atoms with Gasteiger partial charge in [0.05, 0.1) is 13.2 Å². The monoisotopic (exact) mass is 258 g/mol. The van der Waals surface area contributed by atoms with E-state index in [0.717, 1.165) is 35.8 Å². The second kappa shape index (κ2) is 4.66. The van der Waals surface area contributed by atoms with Crippen molar-refractivity contribution in [3.8, 4) is 17.1 Å². The van der Waals surface area contributed by atoms with Crippen LogP contribution in [0.4, 0.5) is 0 Å². The van der Waals surface area contributed by atoms with Crippen molar-refractivity contribution in [3.63, 3.8) is 0 Å². The molecule has 0 amide bonds. The first-order chi connectivity index (χ1) is 9.19. The molecule has 0 saturated carbocycles. The minimum Gasteiger partial charge on any atom is -0.497 e. The summed E-state index contributed by atoms with van der Waals surface area (Å²) in [6, 6.07) is 8.17. The van der Waals surface area contributed by atoms with Gasteiger partial charge < -0.3 is 10.5 Å². The number of hydrogen-bond donors (Lipinski definition) is 1. The Kier molecular flexibility index (Phi) is 2.98. The number of aromatic nitrogens is 3. The maximum Gasteiger partial charge on any atom is 0.181 e. The molecule has 2 aromatic rings. The van der Waals surface area contributed by atoms with Gasteiger partial charge in [0.15, 0.2) is 5.82 Å². The largest absolute Gasteiger partial charge is 0.497 e. The predicted molar refractivity (Wildman–Crippen MR) is 73.0 cm³/mol. The van der Waals surface area contributed by atoms with E-state index < -0.39 is 0 Å². The van der Waals surface area contributed by atoms with Gasteiger partial charge in [-0.25, -0.2) is 9.67 Å². The van der Waals surface area contributed by atoms with Gasteiger partial charge in [0.1, 0.15) is 11.6 Å². The van der Waals surface area contributed by atoms with E-state index >= 15 is 0 Å². The molecule has 0 aliphatic carbocycles. The predicted octanol–water partition coefficient (Wildman–Crippen LogP) is 1.79. The van der Waals surface area contributed by atoms with Crippen molar-refractivity contribution in [3.05, 3.63) is 30.1 Å². The minimum absolute atomic E-state index is 0.160. The first kappa shape index (κ1) is 12.2. The van der Waals surface area contributed by atoms with Crippen LogP contribution in [0, 0.1) is 0 Å². The zero-order valence-electron chi connectivity index (χ0n) is 11.2. The summed E-state index contributed by atoms with van der Waals surface area (Å²) in [4.78, 5) is 4.62. The first-order valence-corrected chi connectivity index (χ1v) is 6.54. The van der Waals surface area contributed by atoms with E-state index in [9.17, 15) is 0 Å². The third-order valence-corrected chi connectivity index (χ3v) is 3.74. The lowest BCUT2D eigenvalue weighted by atomic mass is 10.0. The highest BCUT2D eigenvalue weighted by molar-refractivity contribution is 5.57. The van der Waals surface area contributed by atoms with Crippen molar-refractivity contribution >= 4 is 0 Å². The van der Waals surface area contributed by atoms with Gasteiger partial charge >= 0.3 is 0 Å². The van der Waals surface area contributed by atoms with Crippen LogP contribution >= 0.6 is 0 Å². The molecular formula is C14H18N4O. The van der Waals surface area contributed by atoms with Crippen molar-refractivity contribution in [2.75, 3.05) is 7.11 Å². The van der Waals surface area contributed by atoms with E-state index in [4.69, 9.17) is 10.5 Å². The fourth-order valence-electron chi connectivity index (χ4n) is 2.45. The van der Waals surface area contributed by atoms with Crippen LogP contribution in [-0.4, -0.2) is 27.9 Å². The molecule has 5 nitrogen and oxygen atoms in total. The Morgan fingerprint density at radius 1 is 1.42 bits per heavy atom. The zero-order chi connectivity index (χ0) is 13.4. The molecule has 1 aromatic carbocycles. The highest BCUT2D eigenvalue weighted by atomic mass is 16.5. The third-order valence-electron chi connectivity index (χ3n) is 3.74. The molecule has 0 fully saturated rings. The lowest BCUT2D eigenvalue weighted by Crippen LogP contribution is -2.36. The van der Waals surface area contributed by atoms with Crippen LogP contribution in [0.5, 0.6) is 5.75 Å². The summed E-state index contributed by atoms with van der Waals surface area (Å²) in [5.41, 5.74) is 7.05. The highest BCUT2D eigenvalue weighted by Gasteiger charge is 2.26. The van der Waals surface area contributed by atoms with E-state index in [0.29, 0.717) is 0 Å². The molecule has 2 heterocycles. The van der Waals surface area contributed by atoms with Crippen LogP contribution in [0.2, 0.25) is 0 Å². The van der Waals surface area contributed by atoms with Crippen LogP contribution in [0.3, 0.4) is 0 Å². The van der Waals surface area contributed by atoms with Gasteiger partial charge in [-0.15, -0.1) is 0 Å². The summed E-state index contributed by atoms with van der Waals surface area (Å²) < 4.78 is 7.20. The van der Waals surface area contributed by atoms with Gasteiger partial charge in [-0.05, 0) is 25.5 Å². The van der Waals surface area contributed by atoms with Gasteiger partial charge in [-0.1, -0.05) is 12.1 Å². The van der Waals surface area contributed by atoms with E-state index in [-0.39, 0.29) is 12.1 Å². The number of hydrogen-bond acceptors (Lipinski definition) is 4. The second-order valence-electron chi connectivity index (χ2n) is 4.97. The summed E-state index contributed by atoms with van der Waals surface area (Å²) in [5.74, 6) is 2.58. The average Bonchev–Trinajstić information content (AvgIpc) is 2.88. The Morgan fingerprint density at radius 3 is 3.05 bits per heavy atom. The lowest BCUT2D eigenvalue weighted by Gasteiger charge is -2.25. The summed E-state index contributed by atoms with van der Waals surface area (Å²) in [6.45, 7) is 2.09. The summed E-state index contributed by atoms with van der Waals surface area (Å²) >= 11 is 0. The third kappa shape index (κ3) is 2.10. The van der Waals surface area contributed by atoms with E-state index in [1.54, 1.807) is 7.11 Å². The van der Waals surface area contributed by atoms with Crippen molar-refractivity contribution < 1.29 is 4.74 Å². The zero-order valence-corrected chi connectivity index (χ0v) is 11.2. The van der Waals surface area contributed by atoms with E-state index in [1.807, 2.05) is 28.9 Å². The van der Waals surface area contributed by atoms with Crippen LogP contribution < -0.4 is 10.5 Å². The summed E-state index contributed by atoms with van der Waals surface area (Å²) in [6.07, 6.45) is 1.86. The molecular weight excluding hydrogens is 240 g/mol. The number of methoxy groups -OCH3 is 1. The number of nitrogens with two attached hydrogens (primary N) is 1. The van der Waals surface area contributed by atoms with Gasteiger partial charge in [0, 0.05) is 18.0 Å². The molecule has 2 unspecified atom stereocenters. The lowest BCUT2D eigenvalue weighted by molar-refractivity contribution is 0.339. The molecule has 2 N–H and O–H groups in total. The average molecular weight is 258 g/mol. The van der Waals surface area contributed by atoms with Crippen LogP contribution in [-0.2, 0) is 6.42 Å². The first-order valence-electron chi connectivity index (χ1n) is 6.54. The standard InChI is InChI=1S/C14H18N4O/c1-9-12(15)6-7-13-16-14(17-18(9)13)10-4-3-5-11(8-10)19-2/h3-5,8-9,12H,6-7,15H2,1-2H3. The Labute approximate surface area is 112 Å². The van der Waals surface area contributed by atoms with Gasteiger partial charge in [-0.2, -0.15) is 5.10 Å². The molecule has 5 heteroatoms. The second-order valence-corrected chi connectivity index (χ2v) is 4.97. The fourth-order valence-corrected chi connectivity index (χ4v) is 2.45. The number of benzene rings is 1. The maximum absolute atomic E-state index is 6.08. The molecule has 0 bridgehead atoms. The number of aryl methyl sites for hydroxylation is 1.